The summed E-state index contributed by atoms with van der Waals surface area (Å²) in [5.74, 6) is 0.0448. The summed E-state index contributed by atoms with van der Waals surface area (Å²) in [4.78, 5) is 2.17. The normalized spacial score (nSPS) is 11.3. The van der Waals surface area contributed by atoms with Crippen molar-refractivity contribution in [1.82, 2.24) is 10.2 Å². The summed E-state index contributed by atoms with van der Waals surface area (Å²) in [5.41, 5.74) is 0.966. The van der Waals surface area contributed by atoms with Crippen molar-refractivity contribution < 1.29 is 9.13 Å². The third-order valence-corrected chi connectivity index (χ3v) is 2.79. The van der Waals surface area contributed by atoms with Crippen molar-refractivity contribution in [2.24, 2.45) is 0 Å². The topological polar surface area (TPSA) is 24.5 Å². The molecule has 0 aromatic heterocycles. The maximum absolute atomic E-state index is 13.7. The highest BCUT2D eigenvalue weighted by Gasteiger charge is 2.06. The number of benzene rings is 1. The number of hydrogen-bond donors (Lipinski definition) is 1. The van der Waals surface area contributed by atoms with Gasteiger partial charge in [-0.1, -0.05) is 19.9 Å². The summed E-state index contributed by atoms with van der Waals surface area (Å²) in [5, 5.41) is 3.36. The van der Waals surface area contributed by atoms with Crippen molar-refractivity contribution >= 4 is 0 Å². The van der Waals surface area contributed by atoms with E-state index in [2.05, 4.69) is 24.1 Å². The first kappa shape index (κ1) is 15.9. The second-order valence-electron chi connectivity index (χ2n) is 5.04. The number of nitrogens with one attached hydrogen (secondary N) is 1. The Hall–Kier alpha value is -1.13. The second-order valence-corrected chi connectivity index (χ2v) is 5.04. The standard InChI is InChI=1S/C15H25FN2O/c1-5-19-15-7-6-13(10-14(15)16)11-18(4)9-8-17-12(2)3/h6-7,10,12,17H,5,8-9,11H2,1-4H3. The van der Waals surface area contributed by atoms with E-state index < -0.39 is 0 Å². The van der Waals surface area contributed by atoms with Gasteiger partial charge in [-0.25, -0.2) is 4.39 Å². The Bertz CT molecular complexity index is 382. The van der Waals surface area contributed by atoms with Crippen molar-refractivity contribution in [2.45, 2.75) is 33.4 Å². The van der Waals surface area contributed by atoms with Crippen molar-refractivity contribution in [3.05, 3.63) is 29.6 Å². The maximum Gasteiger partial charge on any atom is 0.165 e. The zero-order valence-electron chi connectivity index (χ0n) is 12.4. The van der Waals surface area contributed by atoms with Crippen molar-refractivity contribution in [2.75, 3.05) is 26.7 Å². The molecule has 19 heavy (non-hydrogen) atoms. The molecule has 0 radical (unpaired) electrons. The molecule has 0 aliphatic rings. The van der Waals surface area contributed by atoms with Crippen LogP contribution in [0.5, 0.6) is 5.75 Å². The second kappa shape index (κ2) is 8.12. The van der Waals surface area contributed by atoms with Crippen LogP contribution in [-0.2, 0) is 6.54 Å². The van der Waals surface area contributed by atoms with Gasteiger partial charge in [0.05, 0.1) is 6.61 Å². The number of likely N-dealkylation sites (N-methyl/N-ethyl adjacent to an activating group) is 1. The van der Waals surface area contributed by atoms with Crippen molar-refractivity contribution in [3.63, 3.8) is 0 Å². The van der Waals surface area contributed by atoms with E-state index in [-0.39, 0.29) is 5.82 Å². The third-order valence-electron chi connectivity index (χ3n) is 2.79. The van der Waals surface area contributed by atoms with Crippen molar-refractivity contribution in [1.29, 1.82) is 0 Å². The molecule has 0 heterocycles. The quantitative estimate of drug-likeness (QED) is 0.784. The highest BCUT2D eigenvalue weighted by molar-refractivity contribution is 5.29. The zero-order chi connectivity index (χ0) is 14.3. The largest absolute Gasteiger partial charge is 0.491 e. The van der Waals surface area contributed by atoms with Crippen LogP contribution in [0.15, 0.2) is 18.2 Å². The lowest BCUT2D eigenvalue weighted by Crippen LogP contribution is -2.32. The van der Waals surface area contributed by atoms with Crippen LogP contribution in [0.3, 0.4) is 0 Å². The van der Waals surface area contributed by atoms with Crippen LogP contribution in [0.25, 0.3) is 0 Å². The van der Waals surface area contributed by atoms with Crippen LogP contribution >= 0.6 is 0 Å². The van der Waals surface area contributed by atoms with Crippen LogP contribution in [0.2, 0.25) is 0 Å². The minimum absolute atomic E-state index is 0.284. The Kier molecular flexibility index (Phi) is 6.81. The molecule has 0 saturated carbocycles. The molecular weight excluding hydrogens is 243 g/mol. The minimum atomic E-state index is -0.284. The zero-order valence-corrected chi connectivity index (χ0v) is 12.4. The Morgan fingerprint density at radius 3 is 2.68 bits per heavy atom. The van der Waals surface area contributed by atoms with Crippen LogP contribution < -0.4 is 10.1 Å². The van der Waals surface area contributed by atoms with Gasteiger partial charge >= 0.3 is 0 Å². The lowest BCUT2D eigenvalue weighted by Gasteiger charge is -2.18. The van der Waals surface area contributed by atoms with Gasteiger partial charge in [0.25, 0.3) is 0 Å². The first-order valence-electron chi connectivity index (χ1n) is 6.86. The molecule has 1 N–H and O–H groups in total. The molecule has 0 spiro atoms. The van der Waals surface area contributed by atoms with E-state index in [1.54, 1.807) is 12.1 Å². The predicted octanol–water partition coefficient (Wildman–Crippen LogP) is 2.65. The SMILES string of the molecule is CCOc1ccc(CN(C)CCNC(C)C)cc1F. The number of rotatable bonds is 8. The fourth-order valence-corrected chi connectivity index (χ4v) is 1.85. The molecule has 1 aromatic rings. The lowest BCUT2D eigenvalue weighted by atomic mass is 10.2. The van der Waals surface area contributed by atoms with E-state index in [1.807, 2.05) is 20.0 Å². The Labute approximate surface area is 115 Å². The summed E-state index contributed by atoms with van der Waals surface area (Å²) in [6.45, 7) is 9.20. The van der Waals surface area contributed by atoms with Gasteiger partial charge in [0.2, 0.25) is 0 Å². The third kappa shape index (κ3) is 6.03. The summed E-state index contributed by atoms with van der Waals surface area (Å²) < 4.78 is 18.9. The number of hydrogen-bond acceptors (Lipinski definition) is 3. The first-order valence-corrected chi connectivity index (χ1v) is 6.86. The monoisotopic (exact) mass is 268 g/mol. The number of nitrogens with zero attached hydrogens (tertiary/aromatic N) is 1. The van der Waals surface area contributed by atoms with Gasteiger partial charge in [-0.15, -0.1) is 0 Å². The molecule has 0 fully saturated rings. The average Bonchev–Trinajstić information content (AvgIpc) is 2.32. The molecular formula is C15H25FN2O. The number of halogens is 1. The highest BCUT2D eigenvalue weighted by Crippen LogP contribution is 2.18. The van der Waals surface area contributed by atoms with E-state index in [4.69, 9.17) is 4.74 Å². The Morgan fingerprint density at radius 2 is 2.11 bits per heavy atom. The van der Waals surface area contributed by atoms with E-state index in [0.29, 0.717) is 18.4 Å². The average molecular weight is 268 g/mol. The smallest absolute Gasteiger partial charge is 0.165 e. The molecule has 0 atom stereocenters. The summed E-state index contributed by atoms with van der Waals surface area (Å²) in [6, 6.07) is 5.67. The van der Waals surface area contributed by atoms with Gasteiger partial charge in [0.15, 0.2) is 11.6 Å². The predicted molar refractivity (Wildman–Crippen MR) is 77.0 cm³/mol. The molecule has 0 unspecified atom stereocenters. The highest BCUT2D eigenvalue weighted by atomic mass is 19.1. The Morgan fingerprint density at radius 1 is 1.37 bits per heavy atom. The molecule has 3 nitrogen and oxygen atoms in total. The molecule has 0 bridgehead atoms. The van der Waals surface area contributed by atoms with E-state index in [9.17, 15) is 4.39 Å². The maximum atomic E-state index is 13.7. The summed E-state index contributed by atoms with van der Waals surface area (Å²) in [6.07, 6.45) is 0. The molecule has 108 valence electrons. The first-order chi connectivity index (χ1) is 9.02. The lowest BCUT2D eigenvalue weighted by molar-refractivity contribution is 0.313. The fourth-order valence-electron chi connectivity index (χ4n) is 1.85. The molecule has 0 amide bonds. The number of ether oxygens (including phenoxy) is 1. The van der Waals surface area contributed by atoms with E-state index in [1.165, 1.54) is 0 Å². The van der Waals surface area contributed by atoms with Crippen LogP contribution in [-0.4, -0.2) is 37.7 Å². The van der Waals surface area contributed by atoms with Crippen LogP contribution in [0, 0.1) is 5.82 Å². The van der Waals surface area contributed by atoms with Gasteiger partial charge < -0.3 is 15.0 Å². The molecule has 0 saturated heterocycles. The van der Waals surface area contributed by atoms with E-state index >= 15 is 0 Å². The molecule has 0 aliphatic carbocycles. The van der Waals surface area contributed by atoms with Gasteiger partial charge in [-0.3, -0.25) is 0 Å². The van der Waals surface area contributed by atoms with Gasteiger partial charge in [0, 0.05) is 25.7 Å². The van der Waals surface area contributed by atoms with Crippen LogP contribution in [0.4, 0.5) is 4.39 Å². The van der Waals surface area contributed by atoms with Crippen molar-refractivity contribution in [3.8, 4) is 5.75 Å². The molecule has 4 heteroatoms. The van der Waals surface area contributed by atoms with Gasteiger partial charge in [-0.05, 0) is 31.7 Å². The van der Waals surface area contributed by atoms with Gasteiger partial charge in [0.1, 0.15) is 0 Å². The Balaban J connectivity index is 2.45. The molecule has 1 rings (SSSR count). The minimum Gasteiger partial charge on any atom is -0.491 e. The van der Waals surface area contributed by atoms with Crippen LogP contribution in [0.1, 0.15) is 26.3 Å². The molecule has 1 aromatic carbocycles. The van der Waals surface area contributed by atoms with E-state index in [0.717, 1.165) is 25.2 Å². The fraction of sp³-hybridized carbons (Fsp3) is 0.600. The summed E-state index contributed by atoms with van der Waals surface area (Å²) in [7, 11) is 2.04. The molecule has 0 aliphatic heterocycles. The summed E-state index contributed by atoms with van der Waals surface area (Å²) >= 11 is 0. The van der Waals surface area contributed by atoms with Gasteiger partial charge in [-0.2, -0.15) is 0 Å².